The zero-order chi connectivity index (χ0) is 21.8. The molecule has 2 aromatic rings. The third kappa shape index (κ3) is 4.95. The minimum atomic E-state index is -0.211. The molecule has 2 aliphatic heterocycles. The average molecular weight is 432 g/mol. The van der Waals surface area contributed by atoms with Crippen molar-refractivity contribution in [3.63, 3.8) is 0 Å². The first-order valence-electron chi connectivity index (χ1n) is 12.2. The molecule has 2 aromatic heterocycles. The van der Waals surface area contributed by atoms with Gasteiger partial charge in [-0.3, -0.25) is 9.88 Å². The molecular formula is C26H33N5O. The third-order valence-electron chi connectivity index (χ3n) is 6.93. The highest BCUT2D eigenvalue weighted by Gasteiger charge is 2.34. The first-order valence-corrected chi connectivity index (χ1v) is 12.2. The standard InChI is InChI=1S/C26H33N5O/c27-17-24(23-7-4-13-28-25(23)19-8-9-19)31-15-12-22(18-31)32-16-2-1-6-21-11-10-20-5-3-14-29-26(20)30-21/h4,7,10-11,13,19,22,24H,1-3,5-6,8-9,12,14-16,18H2,(H,29,30)/t22-,24?/m1/s1. The molecule has 0 spiro atoms. The van der Waals surface area contributed by atoms with E-state index in [0.29, 0.717) is 5.92 Å². The van der Waals surface area contributed by atoms with E-state index >= 15 is 0 Å². The van der Waals surface area contributed by atoms with Crippen molar-refractivity contribution in [2.75, 3.05) is 31.6 Å². The van der Waals surface area contributed by atoms with Gasteiger partial charge in [0, 0.05) is 55.3 Å². The Hall–Kier alpha value is -2.49. The van der Waals surface area contributed by atoms with Gasteiger partial charge in [-0.2, -0.15) is 5.26 Å². The monoisotopic (exact) mass is 431 g/mol. The number of aromatic nitrogens is 2. The summed E-state index contributed by atoms with van der Waals surface area (Å²) in [6.45, 7) is 3.55. The first-order chi connectivity index (χ1) is 15.8. The van der Waals surface area contributed by atoms with E-state index in [0.717, 1.165) is 75.4 Å². The number of aryl methyl sites for hydroxylation is 2. The van der Waals surface area contributed by atoms with Crippen molar-refractivity contribution < 1.29 is 4.74 Å². The molecule has 168 valence electrons. The van der Waals surface area contributed by atoms with Gasteiger partial charge in [0.2, 0.25) is 0 Å². The Morgan fingerprint density at radius 1 is 1.22 bits per heavy atom. The summed E-state index contributed by atoms with van der Waals surface area (Å²) in [5.74, 6) is 1.64. The Labute approximate surface area is 191 Å². The minimum Gasteiger partial charge on any atom is -0.377 e. The van der Waals surface area contributed by atoms with Crippen LogP contribution in [-0.2, 0) is 17.6 Å². The van der Waals surface area contributed by atoms with Crippen LogP contribution in [-0.4, -0.2) is 47.2 Å². The summed E-state index contributed by atoms with van der Waals surface area (Å²) in [6.07, 6.45) is 10.9. The maximum Gasteiger partial charge on any atom is 0.129 e. The fraction of sp³-hybridized carbons (Fsp3) is 0.577. The SMILES string of the molecule is N#CC(c1cccnc1C1CC1)N1CC[C@@H](OCCCCc2ccc3c(n2)NCCC3)C1. The summed E-state index contributed by atoms with van der Waals surface area (Å²) < 4.78 is 6.18. The van der Waals surface area contributed by atoms with Crippen LogP contribution < -0.4 is 5.32 Å². The molecule has 1 unspecified atom stereocenters. The molecule has 0 radical (unpaired) electrons. The van der Waals surface area contributed by atoms with Gasteiger partial charge in [-0.05, 0) is 69.1 Å². The van der Waals surface area contributed by atoms with Gasteiger partial charge in [-0.15, -0.1) is 0 Å². The Morgan fingerprint density at radius 3 is 3.03 bits per heavy atom. The number of nitrogens with one attached hydrogen (secondary N) is 1. The highest BCUT2D eigenvalue weighted by Crippen LogP contribution is 2.42. The zero-order valence-corrected chi connectivity index (χ0v) is 18.8. The Kier molecular flexibility index (Phi) is 6.66. The molecular weight excluding hydrogens is 398 g/mol. The number of hydrogen-bond donors (Lipinski definition) is 1. The molecule has 6 heteroatoms. The normalized spacial score (nSPS) is 21.5. The van der Waals surface area contributed by atoms with E-state index in [1.54, 1.807) is 0 Å². The second kappa shape index (κ2) is 9.97. The molecule has 5 rings (SSSR count). The quantitative estimate of drug-likeness (QED) is 0.594. The van der Waals surface area contributed by atoms with E-state index in [1.165, 1.54) is 30.5 Å². The van der Waals surface area contributed by atoms with E-state index in [4.69, 9.17) is 9.72 Å². The maximum absolute atomic E-state index is 9.91. The summed E-state index contributed by atoms with van der Waals surface area (Å²) in [5.41, 5.74) is 4.75. The number of likely N-dealkylation sites (tertiary alicyclic amines) is 1. The molecule has 1 N–H and O–H groups in total. The molecule has 0 amide bonds. The Bertz CT molecular complexity index is 967. The van der Waals surface area contributed by atoms with Gasteiger partial charge >= 0.3 is 0 Å². The Balaban J connectivity index is 1.06. The average Bonchev–Trinajstić information content (AvgIpc) is 3.58. The van der Waals surface area contributed by atoms with E-state index < -0.39 is 0 Å². The maximum atomic E-state index is 9.91. The zero-order valence-electron chi connectivity index (χ0n) is 18.8. The van der Waals surface area contributed by atoms with Gasteiger partial charge in [-0.1, -0.05) is 12.1 Å². The molecule has 4 heterocycles. The second-order valence-electron chi connectivity index (χ2n) is 9.36. The number of nitriles is 1. The van der Waals surface area contributed by atoms with E-state index in [-0.39, 0.29) is 12.1 Å². The van der Waals surface area contributed by atoms with E-state index in [9.17, 15) is 5.26 Å². The van der Waals surface area contributed by atoms with Crippen molar-refractivity contribution in [2.45, 2.75) is 69.4 Å². The van der Waals surface area contributed by atoms with E-state index in [2.05, 4.69) is 39.5 Å². The highest BCUT2D eigenvalue weighted by atomic mass is 16.5. The topological polar surface area (TPSA) is 74.1 Å². The molecule has 2 fully saturated rings. The lowest BCUT2D eigenvalue weighted by Gasteiger charge is -2.24. The minimum absolute atomic E-state index is 0.211. The molecule has 1 saturated carbocycles. The number of ether oxygens (including phenoxy) is 1. The summed E-state index contributed by atoms with van der Waals surface area (Å²) in [5, 5.41) is 13.3. The fourth-order valence-corrected chi connectivity index (χ4v) is 5.00. The molecule has 1 aliphatic carbocycles. The predicted molar refractivity (Wildman–Crippen MR) is 124 cm³/mol. The highest BCUT2D eigenvalue weighted by molar-refractivity contribution is 5.47. The lowest BCUT2D eigenvalue weighted by molar-refractivity contribution is 0.0548. The van der Waals surface area contributed by atoms with Crippen molar-refractivity contribution in [1.29, 1.82) is 5.26 Å². The third-order valence-corrected chi connectivity index (χ3v) is 6.93. The van der Waals surface area contributed by atoms with Gasteiger partial charge in [0.1, 0.15) is 11.9 Å². The molecule has 1 saturated heterocycles. The van der Waals surface area contributed by atoms with Crippen LogP contribution in [0.15, 0.2) is 30.5 Å². The molecule has 0 bridgehead atoms. The predicted octanol–water partition coefficient (Wildman–Crippen LogP) is 4.39. The van der Waals surface area contributed by atoms with Crippen molar-refractivity contribution in [1.82, 2.24) is 14.9 Å². The van der Waals surface area contributed by atoms with Crippen LogP contribution in [0.3, 0.4) is 0 Å². The van der Waals surface area contributed by atoms with Crippen LogP contribution in [0.2, 0.25) is 0 Å². The van der Waals surface area contributed by atoms with Gasteiger partial charge < -0.3 is 10.1 Å². The van der Waals surface area contributed by atoms with Crippen LogP contribution in [0.1, 0.15) is 73.0 Å². The molecule has 3 aliphatic rings. The van der Waals surface area contributed by atoms with Crippen LogP contribution in [0.5, 0.6) is 0 Å². The van der Waals surface area contributed by atoms with Crippen molar-refractivity contribution in [2.24, 2.45) is 0 Å². The van der Waals surface area contributed by atoms with Gasteiger partial charge in [0.05, 0.1) is 12.2 Å². The van der Waals surface area contributed by atoms with Crippen LogP contribution >= 0.6 is 0 Å². The van der Waals surface area contributed by atoms with Gasteiger partial charge in [0.25, 0.3) is 0 Å². The van der Waals surface area contributed by atoms with Crippen LogP contribution in [0, 0.1) is 11.3 Å². The second-order valence-corrected chi connectivity index (χ2v) is 9.36. The molecule has 6 nitrogen and oxygen atoms in total. The van der Waals surface area contributed by atoms with E-state index in [1.807, 2.05) is 12.3 Å². The number of rotatable bonds is 9. The lowest BCUT2D eigenvalue weighted by atomic mass is 10.0. The van der Waals surface area contributed by atoms with Crippen molar-refractivity contribution >= 4 is 5.82 Å². The van der Waals surface area contributed by atoms with Crippen molar-refractivity contribution in [3.8, 4) is 6.07 Å². The fourth-order valence-electron chi connectivity index (χ4n) is 5.00. The van der Waals surface area contributed by atoms with Crippen molar-refractivity contribution in [3.05, 3.63) is 53.0 Å². The Morgan fingerprint density at radius 2 is 2.16 bits per heavy atom. The number of pyridine rings is 2. The van der Waals surface area contributed by atoms with Crippen LogP contribution in [0.4, 0.5) is 5.82 Å². The number of hydrogen-bond acceptors (Lipinski definition) is 6. The summed E-state index contributed by atoms with van der Waals surface area (Å²) in [4.78, 5) is 11.7. The number of anilines is 1. The summed E-state index contributed by atoms with van der Waals surface area (Å²) >= 11 is 0. The van der Waals surface area contributed by atoms with Gasteiger partial charge in [0.15, 0.2) is 0 Å². The smallest absolute Gasteiger partial charge is 0.129 e. The first kappa shape index (κ1) is 21.4. The molecule has 32 heavy (non-hydrogen) atoms. The number of fused-ring (bicyclic) bond motifs is 1. The van der Waals surface area contributed by atoms with Gasteiger partial charge in [-0.25, -0.2) is 4.98 Å². The molecule has 0 aromatic carbocycles. The summed E-state index contributed by atoms with van der Waals surface area (Å²) in [6, 6.07) is 10.8. The number of nitrogens with zero attached hydrogens (tertiary/aromatic N) is 4. The molecule has 2 atom stereocenters. The summed E-state index contributed by atoms with van der Waals surface area (Å²) in [7, 11) is 0. The largest absolute Gasteiger partial charge is 0.377 e. The lowest BCUT2D eigenvalue weighted by Crippen LogP contribution is -2.28. The number of unbranched alkanes of at least 4 members (excludes halogenated alkanes) is 1. The van der Waals surface area contributed by atoms with Crippen LogP contribution in [0.25, 0.3) is 0 Å².